The van der Waals surface area contributed by atoms with Gasteiger partial charge < -0.3 is 5.11 Å². The highest BCUT2D eigenvalue weighted by atomic mass is 32.1. The summed E-state index contributed by atoms with van der Waals surface area (Å²) in [6.07, 6.45) is 1.62. The largest absolute Gasteiger partial charge is 0.478 e. The van der Waals surface area contributed by atoms with Crippen molar-refractivity contribution < 1.29 is 9.90 Å². The van der Waals surface area contributed by atoms with Crippen molar-refractivity contribution in [3.63, 3.8) is 0 Å². The average Bonchev–Trinajstić information content (AvgIpc) is 2.83. The number of nitrogens with zero attached hydrogens (tertiary/aromatic N) is 2. The third-order valence-electron chi connectivity index (χ3n) is 2.52. The van der Waals surface area contributed by atoms with E-state index >= 15 is 0 Å². The Morgan fingerprint density at radius 3 is 2.72 bits per heavy atom. The number of aromatic carboxylic acids is 1. The molecule has 0 spiro atoms. The van der Waals surface area contributed by atoms with Gasteiger partial charge in [0, 0.05) is 17.6 Å². The molecule has 0 aliphatic rings. The molecule has 0 aliphatic heterocycles. The average molecular weight is 264 g/mol. The summed E-state index contributed by atoms with van der Waals surface area (Å²) in [6, 6.07) is 3.90. The topological polar surface area (TPSA) is 55.1 Å². The van der Waals surface area contributed by atoms with Crippen LogP contribution in [0.25, 0.3) is 10.6 Å². The van der Waals surface area contributed by atoms with Gasteiger partial charge in [0.2, 0.25) is 0 Å². The molecule has 2 aromatic rings. The van der Waals surface area contributed by atoms with E-state index in [0.717, 1.165) is 16.3 Å². The maximum Gasteiger partial charge on any atom is 0.339 e. The molecule has 18 heavy (non-hydrogen) atoms. The van der Waals surface area contributed by atoms with Gasteiger partial charge in [-0.1, -0.05) is 13.8 Å². The fraction of sp³-hybridized carbons (Fsp3) is 0.385. The van der Waals surface area contributed by atoms with E-state index in [0.29, 0.717) is 11.6 Å². The van der Waals surface area contributed by atoms with Gasteiger partial charge in [-0.05, 0) is 25.0 Å². The predicted molar refractivity (Wildman–Crippen MR) is 72.1 cm³/mol. The summed E-state index contributed by atoms with van der Waals surface area (Å²) < 4.78 is 1.72. The molecular formula is C13H16N2O2S. The number of hydrogen-bond acceptors (Lipinski definition) is 3. The molecule has 0 saturated heterocycles. The molecule has 0 aromatic carbocycles. The summed E-state index contributed by atoms with van der Waals surface area (Å²) in [5.74, 6) is -0.490. The van der Waals surface area contributed by atoms with Gasteiger partial charge >= 0.3 is 5.97 Å². The van der Waals surface area contributed by atoms with Crippen molar-refractivity contribution in [3.05, 3.63) is 28.8 Å². The first-order chi connectivity index (χ1) is 8.47. The lowest BCUT2D eigenvalue weighted by molar-refractivity contribution is 0.0697. The van der Waals surface area contributed by atoms with Gasteiger partial charge in [0.1, 0.15) is 11.3 Å². The van der Waals surface area contributed by atoms with Crippen LogP contribution in [0.2, 0.25) is 0 Å². The fourth-order valence-electron chi connectivity index (χ4n) is 1.79. The van der Waals surface area contributed by atoms with Gasteiger partial charge in [-0.2, -0.15) is 5.10 Å². The standard InChI is InChI=1S/C13H16N2O2S/c1-8(2)6-15-7-10(13(16)17)12(14-15)11-5-4-9(3)18-11/h4-5,7-8H,6H2,1-3H3,(H,16,17). The number of carbonyl (C=O) groups is 1. The van der Waals surface area contributed by atoms with Crippen LogP contribution < -0.4 is 0 Å². The Hall–Kier alpha value is -1.62. The Bertz CT molecular complexity index is 569. The van der Waals surface area contributed by atoms with Crippen molar-refractivity contribution in [2.75, 3.05) is 0 Å². The van der Waals surface area contributed by atoms with Gasteiger partial charge in [0.25, 0.3) is 0 Å². The second-order valence-corrected chi connectivity index (χ2v) is 6.01. The minimum Gasteiger partial charge on any atom is -0.478 e. The number of hydrogen-bond donors (Lipinski definition) is 1. The lowest BCUT2D eigenvalue weighted by atomic mass is 10.2. The molecule has 2 aromatic heterocycles. The van der Waals surface area contributed by atoms with E-state index in [9.17, 15) is 9.90 Å². The van der Waals surface area contributed by atoms with Crippen molar-refractivity contribution in [1.82, 2.24) is 9.78 Å². The van der Waals surface area contributed by atoms with E-state index in [4.69, 9.17) is 0 Å². The van der Waals surface area contributed by atoms with E-state index in [-0.39, 0.29) is 5.56 Å². The van der Waals surface area contributed by atoms with E-state index in [1.165, 1.54) is 0 Å². The molecule has 0 saturated carbocycles. The zero-order chi connectivity index (χ0) is 13.3. The Balaban J connectivity index is 2.44. The molecule has 0 aliphatic carbocycles. The molecule has 0 unspecified atom stereocenters. The van der Waals surface area contributed by atoms with Gasteiger partial charge in [-0.15, -0.1) is 11.3 Å². The highest BCUT2D eigenvalue weighted by molar-refractivity contribution is 7.15. The summed E-state index contributed by atoms with van der Waals surface area (Å²) >= 11 is 1.57. The van der Waals surface area contributed by atoms with Crippen molar-refractivity contribution in [3.8, 4) is 10.6 Å². The molecule has 2 rings (SSSR count). The van der Waals surface area contributed by atoms with Gasteiger partial charge in [0.05, 0.1) is 4.88 Å². The highest BCUT2D eigenvalue weighted by Gasteiger charge is 2.18. The highest BCUT2D eigenvalue weighted by Crippen LogP contribution is 2.29. The van der Waals surface area contributed by atoms with Crippen LogP contribution in [0.15, 0.2) is 18.3 Å². The zero-order valence-electron chi connectivity index (χ0n) is 10.7. The molecule has 5 heteroatoms. The maximum absolute atomic E-state index is 11.3. The van der Waals surface area contributed by atoms with Gasteiger partial charge in [-0.25, -0.2) is 4.79 Å². The molecule has 4 nitrogen and oxygen atoms in total. The quantitative estimate of drug-likeness (QED) is 0.922. The van der Waals surface area contributed by atoms with Crippen LogP contribution >= 0.6 is 11.3 Å². The van der Waals surface area contributed by atoms with Gasteiger partial charge in [0.15, 0.2) is 0 Å². The first kappa shape index (κ1) is 12.8. The molecule has 0 fully saturated rings. The molecular weight excluding hydrogens is 248 g/mol. The molecule has 96 valence electrons. The normalized spacial score (nSPS) is 11.1. The monoisotopic (exact) mass is 264 g/mol. The first-order valence-electron chi connectivity index (χ1n) is 5.85. The Labute approximate surface area is 110 Å². The minimum absolute atomic E-state index is 0.275. The van der Waals surface area contributed by atoms with E-state index in [1.54, 1.807) is 22.2 Å². The maximum atomic E-state index is 11.3. The van der Waals surface area contributed by atoms with Crippen LogP contribution in [-0.4, -0.2) is 20.9 Å². The second kappa shape index (κ2) is 4.94. The fourth-order valence-corrected chi connectivity index (χ4v) is 2.66. The number of carboxylic acids is 1. The van der Waals surface area contributed by atoms with Crippen LogP contribution in [0.5, 0.6) is 0 Å². The molecule has 2 heterocycles. The van der Waals surface area contributed by atoms with Crippen molar-refractivity contribution >= 4 is 17.3 Å². The molecule has 0 bridgehead atoms. The predicted octanol–water partition coefficient (Wildman–Crippen LogP) is 3.27. The van der Waals surface area contributed by atoms with E-state index in [2.05, 4.69) is 18.9 Å². The van der Waals surface area contributed by atoms with Crippen LogP contribution in [0.4, 0.5) is 0 Å². The molecule has 0 radical (unpaired) electrons. The summed E-state index contributed by atoms with van der Waals surface area (Å²) in [5.41, 5.74) is 0.846. The van der Waals surface area contributed by atoms with Crippen LogP contribution in [0, 0.1) is 12.8 Å². The van der Waals surface area contributed by atoms with E-state index in [1.807, 2.05) is 19.1 Å². The summed E-state index contributed by atoms with van der Waals surface area (Å²) in [6.45, 7) is 6.89. The number of rotatable bonds is 4. The molecule has 0 atom stereocenters. The SMILES string of the molecule is Cc1ccc(-c2nn(CC(C)C)cc2C(=O)O)s1. The lowest BCUT2D eigenvalue weighted by Crippen LogP contribution is -2.04. The Kier molecular flexibility index (Phi) is 3.52. The van der Waals surface area contributed by atoms with Crippen molar-refractivity contribution in [2.24, 2.45) is 5.92 Å². The number of carboxylic acid groups (broad SMARTS) is 1. The van der Waals surface area contributed by atoms with Crippen LogP contribution in [0.3, 0.4) is 0 Å². The third-order valence-corrected chi connectivity index (χ3v) is 3.53. The zero-order valence-corrected chi connectivity index (χ0v) is 11.5. The summed E-state index contributed by atoms with van der Waals surface area (Å²) in [4.78, 5) is 13.3. The number of aromatic nitrogens is 2. The van der Waals surface area contributed by atoms with Crippen LogP contribution in [0.1, 0.15) is 29.1 Å². The summed E-state index contributed by atoms with van der Waals surface area (Å²) in [5, 5.41) is 13.6. The van der Waals surface area contributed by atoms with Crippen molar-refractivity contribution in [2.45, 2.75) is 27.3 Å². The lowest BCUT2D eigenvalue weighted by Gasteiger charge is -2.03. The first-order valence-corrected chi connectivity index (χ1v) is 6.66. The second-order valence-electron chi connectivity index (χ2n) is 4.72. The number of thiophene rings is 1. The smallest absolute Gasteiger partial charge is 0.339 e. The Morgan fingerprint density at radius 2 is 2.22 bits per heavy atom. The molecule has 1 N–H and O–H groups in total. The Morgan fingerprint density at radius 1 is 1.50 bits per heavy atom. The minimum atomic E-state index is -0.925. The summed E-state index contributed by atoms with van der Waals surface area (Å²) in [7, 11) is 0. The molecule has 0 amide bonds. The van der Waals surface area contributed by atoms with E-state index < -0.39 is 5.97 Å². The number of aryl methyl sites for hydroxylation is 1. The van der Waals surface area contributed by atoms with Crippen LogP contribution in [-0.2, 0) is 6.54 Å². The van der Waals surface area contributed by atoms with Gasteiger partial charge in [-0.3, -0.25) is 4.68 Å². The third kappa shape index (κ3) is 2.61. The van der Waals surface area contributed by atoms with Crippen molar-refractivity contribution in [1.29, 1.82) is 0 Å².